The van der Waals surface area contributed by atoms with Gasteiger partial charge in [-0.3, -0.25) is 14.5 Å². The molecule has 0 radical (unpaired) electrons. The van der Waals surface area contributed by atoms with Crippen molar-refractivity contribution < 1.29 is 14.0 Å². The van der Waals surface area contributed by atoms with Crippen molar-refractivity contribution in [3.63, 3.8) is 0 Å². The molecule has 2 amide bonds. The summed E-state index contributed by atoms with van der Waals surface area (Å²) >= 11 is 0. The van der Waals surface area contributed by atoms with E-state index >= 15 is 0 Å². The minimum atomic E-state index is -1.05. The molecule has 1 aromatic carbocycles. The van der Waals surface area contributed by atoms with Crippen LogP contribution < -0.4 is 10.2 Å². The summed E-state index contributed by atoms with van der Waals surface area (Å²) in [5.74, 6) is 0.432. The van der Waals surface area contributed by atoms with Crippen molar-refractivity contribution in [3.05, 3.63) is 53.9 Å². The van der Waals surface area contributed by atoms with Crippen LogP contribution in [0.2, 0.25) is 0 Å². The van der Waals surface area contributed by atoms with Gasteiger partial charge >= 0.3 is 0 Å². The Labute approximate surface area is 182 Å². The average molecular weight is 420 g/mol. The van der Waals surface area contributed by atoms with Gasteiger partial charge in [0.15, 0.2) is 5.58 Å². The lowest BCUT2D eigenvalue weighted by atomic mass is 9.86. The van der Waals surface area contributed by atoms with Crippen molar-refractivity contribution in [2.45, 2.75) is 64.6 Å². The van der Waals surface area contributed by atoms with E-state index in [1.54, 1.807) is 17.2 Å². The second-order valence-corrected chi connectivity index (χ2v) is 9.42. The van der Waals surface area contributed by atoms with Gasteiger partial charge in [-0.2, -0.15) is 0 Å². The molecule has 31 heavy (non-hydrogen) atoms. The van der Waals surface area contributed by atoms with Crippen LogP contribution >= 0.6 is 0 Å². The highest BCUT2D eigenvalue weighted by Crippen LogP contribution is 2.37. The zero-order chi connectivity index (χ0) is 21.8. The molecule has 1 aliphatic heterocycles. The number of nitrogens with one attached hydrogen (secondary N) is 1. The number of aryl methyl sites for hydroxylation is 1. The molecule has 5 rings (SSSR count). The van der Waals surface area contributed by atoms with Crippen molar-refractivity contribution in [2.24, 2.45) is 5.92 Å². The fraction of sp³-hybridized carbons (Fsp3) is 0.440. The van der Waals surface area contributed by atoms with E-state index in [4.69, 9.17) is 4.42 Å². The number of anilines is 1. The number of fused-ring (bicyclic) bond motifs is 3. The van der Waals surface area contributed by atoms with Gasteiger partial charge in [0, 0.05) is 23.9 Å². The largest absolute Gasteiger partial charge is 0.463 e. The van der Waals surface area contributed by atoms with Gasteiger partial charge in [-0.05, 0) is 57.1 Å². The number of benzene rings is 1. The molecule has 1 atom stereocenters. The highest BCUT2D eigenvalue weighted by molar-refractivity contribution is 6.14. The van der Waals surface area contributed by atoms with E-state index in [1.165, 1.54) is 0 Å². The van der Waals surface area contributed by atoms with Crippen LogP contribution in [0.15, 0.2) is 47.1 Å². The highest BCUT2D eigenvalue weighted by Gasteiger charge is 2.49. The maximum absolute atomic E-state index is 13.8. The number of rotatable bonds is 3. The Balaban J connectivity index is 1.58. The van der Waals surface area contributed by atoms with Crippen LogP contribution in [0.3, 0.4) is 0 Å². The molecule has 1 aliphatic carbocycles. The lowest BCUT2D eigenvalue weighted by Gasteiger charge is -2.45. The molecular formula is C25H29N3O3. The topological polar surface area (TPSA) is 67.5 Å². The summed E-state index contributed by atoms with van der Waals surface area (Å²) in [6.07, 6.45) is 5.85. The van der Waals surface area contributed by atoms with E-state index < -0.39 is 5.54 Å². The second-order valence-electron chi connectivity index (χ2n) is 9.42. The molecule has 162 valence electrons. The summed E-state index contributed by atoms with van der Waals surface area (Å²) in [7, 11) is 0. The maximum atomic E-state index is 13.8. The van der Waals surface area contributed by atoms with Crippen LogP contribution in [0.4, 0.5) is 5.69 Å². The summed E-state index contributed by atoms with van der Waals surface area (Å²) in [6, 6.07) is 11.6. The van der Waals surface area contributed by atoms with Crippen LogP contribution in [-0.4, -0.2) is 28.0 Å². The first-order valence-corrected chi connectivity index (χ1v) is 11.2. The number of hydrogen-bond donors (Lipinski definition) is 1. The molecule has 0 saturated heterocycles. The molecule has 0 bridgehead atoms. The fourth-order valence-corrected chi connectivity index (χ4v) is 5.15. The number of furan rings is 1. The van der Waals surface area contributed by atoms with Crippen LogP contribution in [0.25, 0.3) is 11.1 Å². The van der Waals surface area contributed by atoms with E-state index in [2.05, 4.69) is 12.2 Å². The number of amides is 2. The maximum Gasteiger partial charge on any atom is 0.276 e. The Bertz CT molecular complexity index is 1150. The Kier molecular flexibility index (Phi) is 4.68. The van der Waals surface area contributed by atoms with E-state index in [1.807, 2.05) is 48.7 Å². The predicted octanol–water partition coefficient (Wildman–Crippen LogP) is 4.66. The first-order chi connectivity index (χ1) is 14.9. The summed E-state index contributed by atoms with van der Waals surface area (Å²) in [6.45, 7) is 6.50. The number of para-hydroxylation sites is 1. The normalized spacial score (nSPS) is 26.2. The lowest BCUT2D eigenvalue weighted by Crippen LogP contribution is -2.65. The van der Waals surface area contributed by atoms with Crippen LogP contribution in [0, 0.1) is 12.8 Å². The van der Waals surface area contributed by atoms with E-state index in [0.29, 0.717) is 23.7 Å². The van der Waals surface area contributed by atoms with Gasteiger partial charge in [0.25, 0.3) is 5.91 Å². The van der Waals surface area contributed by atoms with Crippen molar-refractivity contribution >= 4 is 28.6 Å². The number of aromatic nitrogens is 1. The summed E-state index contributed by atoms with van der Waals surface area (Å²) in [4.78, 5) is 29.2. The van der Waals surface area contributed by atoms with Crippen molar-refractivity contribution in [1.29, 1.82) is 0 Å². The predicted molar refractivity (Wildman–Crippen MR) is 120 cm³/mol. The third kappa shape index (κ3) is 3.16. The average Bonchev–Trinajstić information content (AvgIpc) is 3.33. The molecule has 0 spiro atoms. The standard InChI is InChI=1S/C25H29N3O3/c1-16-8-10-18(11-9-16)26-24(30)25(3)15-27-20-12-13-31-22(20)14-21(27)23(29)28(25)19-7-5-4-6-17(19)2/h4-7,12-14,16,18H,8-11,15H2,1-3H3,(H,26,30). The van der Waals surface area contributed by atoms with E-state index in [9.17, 15) is 9.59 Å². The molecule has 2 aliphatic rings. The fourth-order valence-electron chi connectivity index (χ4n) is 5.15. The van der Waals surface area contributed by atoms with Crippen LogP contribution in [0.5, 0.6) is 0 Å². The zero-order valence-electron chi connectivity index (χ0n) is 18.4. The van der Waals surface area contributed by atoms with Gasteiger partial charge in [0.05, 0.1) is 18.3 Å². The molecule has 3 heterocycles. The molecule has 6 heteroatoms. The first kappa shape index (κ1) is 19.9. The molecular weight excluding hydrogens is 390 g/mol. The Morgan fingerprint density at radius 1 is 1.16 bits per heavy atom. The summed E-state index contributed by atoms with van der Waals surface area (Å²) in [5, 5.41) is 3.28. The molecule has 2 aromatic heterocycles. The Morgan fingerprint density at radius 3 is 2.65 bits per heavy atom. The molecule has 1 N–H and O–H groups in total. The third-order valence-electron chi connectivity index (χ3n) is 7.10. The molecule has 3 aromatic rings. The molecule has 1 saturated carbocycles. The van der Waals surface area contributed by atoms with Crippen LogP contribution in [-0.2, 0) is 11.3 Å². The van der Waals surface area contributed by atoms with Crippen molar-refractivity contribution in [3.8, 4) is 0 Å². The van der Waals surface area contributed by atoms with Crippen LogP contribution in [0.1, 0.15) is 55.6 Å². The lowest BCUT2D eigenvalue weighted by molar-refractivity contribution is -0.127. The summed E-state index contributed by atoms with van der Waals surface area (Å²) < 4.78 is 7.48. The molecule has 1 fully saturated rings. The minimum absolute atomic E-state index is 0.0975. The zero-order valence-corrected chi connectivity index (χ0v) is 18.4. The van der Waals surface area contributed by atoms with Crippen molar-refractivity contribution in [1.82, 2.24) is 9.88 Å². The highest BCUT2D eigenvalue weighted by atomic mass is 16.3. The SMILES string of the molecule is Cc1ccccc1N1C(=O)c2cc3occc3n2CC1(C)C(=O)NC1CCC(C)CC1. The summed E-state index contributed by atoms with van der Waals surface area (Å²) in [5.41, 5.74) is 2.74. The van der Waals surface area contributed by atoms with Gasteiger partial charge in [0.1, 0.15) is 11.2 Å². The van der Waals surface area contributed by atoms with Gasteiger partial charge in [0.2, 0.25) is 5.91 Å². The number of hydrogen-bond acceptors (Lipinski definition) is 3. The second kappa shape index (κ2) is 7.29. The Hall–Kier alpha value is -3.02. The molecule has 6 nitrogen and oxygen atoms in total. The van der Waals surface area contributed by atoms with Crippen molar-refractivity contribution in [2.75, 3.05) is 4.90 Å². The Morgan fingerprint density at radius 2 is 1.90 bits per heavy atom. The first-order valence-electron chi connectivity index (χ1n) is 11.2. The van der Waals surface area contributed by atoms with Gasteiger partial charge < -0.3 is 14.3 Å². The molecule has 1 unspecified atom stereocenters. The van der Waals surface area contributed by atoms with Gasteiger partial charge in [-0.15, -0.1) is 0 Å². The quantitative estimate of drug-likeness (QED) is 0.672. The third-order valence-corrected chi connectivity index (χ3v) is 7.10. The number of carbonyl (C=O) groups excluding carboxylic acids is 2. The minimum Gasteiger partial charge on any atom is -0.463 e. The van der Waals surface area contributed by atoms with Gasteiger partial charge in [-0.25, -0.2) is 0 Å². The van der Waals surface area contributed by atoms with E-state index in [-0.39, 0.29) is 17.9 Å². The number of nitrogens with zero attached hydrogens (tertiary/aromatic N) is 2. The number of carbonyl (C=O) groups is 2. The monoisotopic (exact) mass is 419 g/mol. The van der Waals surface area contributed by atoms with E-state index in [0.717, 1.165) is 42.5 Å². The van der Waals surface area contributed by atoms with Gasteiger partial charge in [-0.1, -0.05) is 25.1 Å². The smallest absolute Gasteiger partial charge is 0.276 e.